The first-order valence-electron chi connectivity index (χ1n) is 7.83. The topological polar surface area (TPSA) is 29.5 Å². The number of hydrogen-bond donors (Lipinski definition) is 0. The minimum atomic E-state index is -0.624. The zero-order valence-electron chi connectivity index (χ0n) is 12.5. The molecule has 3 aliphatic rings. The number of hydrogen-bond acceptors (Lipinski definition) is 3. The Labute approximate surface area is 129 Å². The van der Waals surface area contributed by atoms with Crippen molar-refractivity contribution in [2.75, 3.05) is 4.90 Å². The number of fused-ring (bicyclic) bond motifs is 1. The first kappa shape index (κ1) is 12.3. The van der Waals surface area contributed by atoms with Gasteiger partial charge in [-0.15, -0.1) is 0 Å². The second-order valence-electron chi connectivity index (χ2n) is 6.80. The van der Waals surface area contributed by atoms with Crippen molar-refractivity contribution < 1.29 is 9.53 Å². The molecule has 3 atom stereocenters. The van der Waals surface area contributed by atoms with E-state index < -0.39 is 11.3 Å². The van der Waals surface area contributed by atoms with Crippen LogP contribution in [0.4, 0.5) is 5.69 Å². The highest BCUT2D eigenvalue weighted by molar-refractivity contribution is 5.92. The Morgan fingerprint density at radius 3 is 2.64 bits per heavy atom. The Kier molecular flexibility index (Phi) is 2.08. The lowest BCUT2D eigenvalue weighted by Crippen LogP contribution is -2.49. The fraction of sp³-hybridized carbons (Fsp3) is 0.316. The van der Waals surface area contributed by atoms with Crippen molar-refractivity contribution in [1.82, 2.24) is 0 Å². The third kappa shape index (κ3) is 1.18. The summed E-state index contributed by atoms with van der Waals surface area (Å²) in [4.78, 5) is 14.9. The Hall–Kier alpha value is -2.29. The van der Waals surface area contributed by atoms with Crippen molar-refractivity contribution in [3.8, 4) is 0 Å². The van der Waals surface area contributed by atoms with Gasteiger partial charge in [0.1, 0.15) is 5.54 Å². The molecule has 22 heavy (non-hydrogen) atoms. The smallest absolute Gasteiger partial charge is 0.334 e. The highest BCUT2D eigenvalue weighted by Crippen LogP contribution is 2.63. The number of rotatable bonds is 1. The van der Waals surface area contributed by atoms with Crippen LogP contribution in [0.5, 0.6) is 0 Å². The van der Waals surface area contributed by atoms with Gasteiger partial charge in [0, 0.05) is 17.2 Å². The average Bonchev–Trinajstić information content (AvgIpc) is 2.86. The zero-order valence-corrected chi connectivity index (χ0v) is 12.5. The monoisotopic (exact) mass is 291 g/mol. The zero-order chi connectivity index (χ0) is 14.9. The molecular formula is C19H17NO2. The van der Waals surface area contributed by atoms with Crippen LogP contribution in [0.25, 0.3) is 0 Å². The average molecular weight is 291 g/mol. The maximum atomic E-state index is 12.6. The van der Waals surface area contributed by atoms with Gasteiger partial charge in [0.05, 0.1) is 0 Å². The summed E-state index contributed by atoms with van der Waals surface area (Å²) in [5.41, 5.74) is 2.38. The summed E-state index contributed by atoms with van der Waals surface area (Å²) < 4.78 is 6.05. The second-order valence-corrected chi connectivity index (χ2v) is 6.80. The lowest BCUT2D eigenvalue weighted by molar-refractivity contribution is -0.163. The van der Waals surface area contributed by atoms with Crippen LogP contribution in [-0.2, 0) is 21.7 Å². The van der Waals surface area contributed by atoms with E-state index in [4.69, 9.17) is 4.74 Å². The van der Waals surface area contributed by atoms with Crippen LogP contribution in [0.2, 0.25) is 0 Å². The predicted octanol–water partition coefficient (Wildman–Crippen LogP) is 3.24. The van der Waals surface area contributed by atoms with Gasteiger partial charge in [-0.1, -0.05) is 48.5 Å². The lowest BCUT2D eigenvalue weighted by atomic mass is 9.79. The molecule has 0 aromatic heterocycles. The molecule has 3 heteroatoms. The fourth-order valence-corrected chi connectivity index (χ4v) is 4.74. The molecule has 0 saturated carbocycles. The molecule has 0 aliphatic carbocycles. The van der Waals surface area contributed by atoms with E-state index in [0.29, 0.717) is 5.92 Å². The molecule has 3 heterocycles. The summed E-state index contributed by atoms with van der Waals surface area (Å²) in [6, 6.07) is 18.6. The number of carbonyl (C=O) groups is 1. The van der Waals surface area contributed by atoms with Crippen molar-refractivity contribution in [2.45, 2.75) is 31.0 Å². The van der Waals surface area contributed by atoms with Gasteiger partial charge in [0.15, 0.2) is 0 Å². The van der Waals surface area contributed by atoms with Crippen LogP contribution in [0, 0.1) is 5.92 Å². The molecule has 3 aliphatic heterocycles. The van der Waals surface area contributed by atoms with E-state index in [1.54, 1.807) is 0 Å². The number of benzene rings is 2. The molecule has 5 rings (SSSR count). The van der Waals surface area contributed by atoms with Crippen molar-refractivity contribution in [3.05, 3.63) is 65.7 Å². The van der Waals surface area contributed by atoms with Crippen LogP contribution in [0.1, 0.15) is 24.5 Å². The summed E-state index contributed by atoms with van der Waals surface area (Å²) in [5.74, 6) is 0.219. The van der Waals surface area contributed by atoms with E-state index in [2.05, 4.69) is 35.2 Å². The molecule has 2 aromatic rings. The van der Waals surface area contributed by atoms with Crippen LogP contribution >= 0.6 is 0 Å². The van der Waals surface area contributed by atoms with Gasteiger partial charge in [-0.3, -0.25) is 0 Å². The highest BCUT2D eigenvalue weighted by atomic mass is 16.6. The molecule has 4 bridgehead atoms. The van der Waals surface area contributed by atoms with Gasteiger partial charge in [-0.05, 0) is 31.4 Å². The standard InChI is InChI=1S/C19H17NO2/c1-18-12-15-11-13-7-5-6-10-16(13)20(18)19(15,22-17(18)21)14-8-3-2-4-9-14/h2-10,15H,11-12H2,1H3. The van der Waals surface area contributed by atoms with Gasteiger partial charge in [0.2, 0.25) is 5.72 Å². The van der Waals surface area contributed by atoms with Crippen molar-refractivity contribution >= 4 is 11.7 Å². The largest absolute Gasteiger partial charge is 0.432 e. The molecule has 0 spiro atoms. The molecule has 0 amide bonds. The third-order valence-electron chi connectivity index (χ3n) is 5.60. The Morgan fingerprint density at radius 2 is 1.82 bits per heavy atom. The van der Waals surface area contributed by atoms with Gasteiger partial charge in [-0.2, -0.15) is 0 Å². The minimum absolute atomic E-state index is 0.0932. The summed E-state index contributed by atoms with van der Waals surface area (Å²) in [7, 11) is 0. The second kappa shape index (κ2) is 3.72. The first-order chi connectivity index (χ1) is 10.7. The SMILES string of the molecule is CC12CC3Cc4ccccc4N1C3(c1ccccc1)OC2=O. The van der Waals surface area contributed by atoms with Gasteiger partial charge in [-0.25, -0.2) is 4.79 Å². The van der Waals surface area contributed by atoms with Crippen LogP contribution in [-0.4, -0.2) is 11.5 Å². The quantitative estimate of drug-likeness (QED) is 0.755. The summed E-state index contributed by atoms with van der Waals surface area (Å²) >= 11 is 0. The molecule has 2 aromatic carbocycles. The van der Waals surface area contributed by atoms with Gasteiger partial charge in [0.25, 0.3) is 0 Å². The van der Waals surface area contributed by atoms with E-state index in [9.17, 15) is 4.79 Å². The maximum absolute atomic E-state index is 12.6. The van der Waals surface area contributed by atoms with Crippen molar-refractivity contribution in [2.24, 2.45) is 5.92 Å². The highest BCUT2D eigenvalue weighted by Gasteiger charge is 2.73. The Bertz CT molecular complexity index is 787. The number of carbonyl (C=O) groups excluding carboxylic acids is 1. The van der Waals surface area contributed by atoms with E-state index >= 15 is 0 Å². The van der Waals surface area contributed by atoms with Crippen LogP contribution in [0.3, 0.4) is 0 Å². The molecule has 2 fully saturated rings. The van der Waals surface area contributed by atoms with Crippen LogP contribution in [0.15, 0.2) is 54.6 Å². The summed E-state index contributed by atoms with van der Waals surface area (Å²) in [6.07, 6.45) is 1.82. The van der Waals surface area contributed by atoms with Crippen molar-refractivity contribution in [3.63, 3.8) is 0 Å². The van der Waals surface area contributed by atoms with E-state index in [0.717, 1.165) is 24.1 Å². The minimum Gasteiger partial charge on any atom is -0.432 e. The molecule has 3 unspecified atom stereocenters. The fourth-order valence-electron chi connectivity index (χ4n) is 4.74. The van der Waals surface area contributed by atoms with Crippen molar-refractivity contribution in [1.29, 1.82) is 0 Å². The number of esters is 1. The molecule has 0 N–H and O–H groups in total. The first-order valence-corrected chi connectivity index (χ1v) is 7.83. The van der Waals surface area contributed by atoms with Gasteiger partial charge >= 0.3 is 5.97 Å². The Balaban J connectivity index is 1.82. The van der Waals surface area contributed by atoms with E-state index in [-0.39, 0.29) is 5.97 Å². The molecule has 110 valence electrons. The number of ether oxygens (including phenoxy) is 1. The molecule has 0 radical (unpaired) electrons. The maximum Gasteiger partial charge on any atom is 0.334 e. The predicted molar refractivity (Wildman–Crippen MR) is 83.3 cm³/mol. The van der Waals surface area contributed by atoms with E-state index in [1.807, 2.05) is 31.2 Å². The van der Waals surface area contributed by atoms with Gasteiger partial charge < -0.3 is 9.64 Å². The third-order valence-corrected chi connectivity index (χ3v) is 5.60. The Morgan fingerprint density at radius 1 is 1.09 bits per heavy atom. The molecule has 3 nitrogen and oxygen atoms in total. The number of anilines is 1. The van der Waals surface area contributed by atoms with Crippen LogP contribution < -0.4 is 4.90 Å². The number of para-hydroxylation sites is 1. The molecular weight excluding hydrogens is 274 g/mol. The lowest BCUT2D eigenvalue weighted by Gasteiger charge is -2.43. The van der Waals surface area contributed by atoms with E-state index in [1.165, 1.54) is 5.56 Å². The summed E-state index contributed by atoms with van der Waals surface area (Å²) in [5, 5.41) is 0. The number of nitrogens with zero attached hydrogens (tertiary/aromatic N) is 1. The molecule has 2 saturated heterocycles. The summed E-state index contributed by atoms with van der Waals surface area (Å²) in [6.45, 7) is 2.03. The normalized spacial score (nSPS) is 34.5.